The quantitative estimate of drug-likeness (QED) is 0.570. The molecule has 3 aliphatic rings. The van der Waals surface area contributed by atoms with Crippen LogP contribution in [0.2, 0.25) is 0 Å². The molecule has 3 atom stereocenters. The summed E-state index contributed by atoms with van der Waals surface area (Å²) in [5.74, 6) is 1.28. The molecule has 2 aliphatic heterocycles. The third-order valence-corrected chi connectivity index (χ3v) is 6.99. The lowest BCUT2D eigenvalue weighted by molar-refractivity contribution is -0.131. The number of para-hydroxylation sites is 1. The molecule has 7 heteroatoms. The number of nitrogens with one attached hydrogen (secondary N) is 2. The zero-order valence-electron chi connectivity index (χ0n) is 18.8. The van der Waals surface area contributed by atoms with Crippen molar-refractivity contribution in [3.8, 4) is 5.75 Å². The molecular weight excluding hydrogens is 408 g/mol. The van der Waals surface area contributed by atoms with E-state index in [1.165, 1.54) is 5.56 Å². The smallest absolute Gasteiger partial charge is 0.249 e. The zero-order chi connectivity index (χ0) is 22.2. The fraction of sp³-hybridized carbons (Fsp3) is 0.680. The Bertz CT molecular complexity index is 744. The van der Waals surface area contributed by atoms with Crippen molar-refractivity contribution >= 4 is 12.2 Å². The van der Waals surface area contributed by atoms with Gasteiger partial charge in [-0.2, -0.15) is 0 Å². The highest BCUT2D eigenvalue weighted by Gasteiger charge is 2.32. The standard InChI is InChI=1S/C25H36N2O5/c28-14-16-31-23-7-2-1-5-20(23)18-9-11-19(12-10-18)32-17-22-21(6-3-13-26-22)27-25(29)24-8-4-15-30-24/h1-2,5,7,14,18-19,21-22,24,26H,3-4,6,8-13,15-17H2,(H,27,29)/t18?,19?,21-,22-,24-/m0/s1. The number of carbonyl (C=O) groups excluding carboxylic acids is 2. The fourth-order valence-electron chi connectivity index (χ4n) is 5.21. The van der Waals surface area contributed by atoms with Gasteiger partial charge in [0.25, 0.3) is 0 Å². The highest BCUT2D eigenvalue weighted by molar-refractivity contribution is 5.81. The third kappa shape index (κ3) is 6.09. The van der Waals surface area contributed by atoms with Crippen molar-refractivity contribution in [3.05, 3.63) is 29.8 Å². The van der Waals surface area contributed by atoms with E-state index in [1.54, 1.807) is 0 Å². The minimum Gasteiger partial charge on any atom is -0.486 e. The van der Waals surface area contributed by atoms with Gasteiger partial charge < -0.3 is 24.8 Å². The van der Waals surface area contributed by atoms with Gasteiger partial charge in [-0.3, -0.25) is 9.59 Å². The summed E-state index contributed by atoms with van der Waals surface area (Å²) in [7, 11) is 0. The SMILES string of the molecule is O=CCOc1ccccc1C1CCC(OC[C@@H]2NCCC[C@@H]2NC(=O)[C@@H]2CCCO2)CC1. The maximum atomic E-state index is 12.5. The molecule has 3 fully saturated rings. The highest BCUT2D eigenvalue weighted by atomic mass is 16.5. The van der Waals surface area contributed by atoms with Crippen LogP contribution in [0.3, 0.4) is 0 Å². The zero-order valence-corrected chi connectivity index (χ0v) is 18.8. The molecule has 1 amide bonds. The topological polar surface area (TPSA) is 85.9 Å². The lowest BCUT2D eigenvalue weighted by Crippen LogP contribution is -2.57. The molecule has 0 unspecified atom stereocenters. The largest absolute Gasteiger partial charge is 0.486 e. The fourth-order valence-corrected chi connectivity index (χ4v) is 5.21. The van der Waals surface area contributed by atoms with Gasteiger partial charge in [-0.05, 0) is 75.5 Å². The molecule has 2 saturated heterocycles. The first kappa shape index (κ1) is 23.2. The molecule has 1 aromatic carbocycles. The predicted octanol–water partition coefficient (Wildman–Crippen LogP) is 2.72. The van der Waals surface area contributed by atoms with E-state index in [2.05, 4.69) is 16.7 Å². The van der Waals surface area contributed by atoms with Crippen molar-refractivity contribution in [3.63, 3.8) is 0 Å². The van der Waals surface area contributed by atoms with Gasteiger partial charge in [0.2, 0.25) is 5.91 Å². The van der Waals surface area contributed by atoms with Crippen LogP contribution in [-0.4, -0.2) is 62.9 Å². The van der Waals surface area contributed by atoms with Gasteiger partial charge in [0.05, 0.1) is 18.8 Å². The Hall–Kier alpha value is -1.96. The normalized spacial score (nSPS) is 30.6. The molecule has 2 heterocycles. The van der Waals surface area contributed by atoms with Gasteiger partial charge in [0, 0.05) is 12.6 Å². The summed E-state index contributed by atoms with van der Waals surface area (Å²) < 4.78 is 17.5. The van der Waals surface area contributed by atoms with Crippen molar-refractivity contribution in [2.24, 2.45) is 0 Å². The Morgan fingerprint density at radius 2 is 1.97 bits per heavy atom. The predicted molar refractivity (Wildman–Crippen MR) is 121 cm³/mol. The Morgan fingerprint density at radius 3 is 2.75 bits per heavy atom. The molecule has 1 aromatic rings. The Kier molecular flexibility index (Phi) is 8.54. The first-order valence-electron chi connectivity index (χ1n) is 12.2. The molecular formula is C25H36N2O5. The molecule has 32 heavy (non-hydrogen) atoms. The first-order valence-corrected chi connectivity index (χ1v) is 12.2. The van der Waals surface area contributed by atoms with E-state index in [1.807, 2.05) is 18.2 Å². The van der Waals surface area contributed by atoms with E-state index >= 15 is 0 Å². The second-order valence-corrected chi connectivity index (χ2v) is 9.14. The number of hydrogen-bond acceptors (Lipinski definition) is 6. The second kappa shape index (κ2) is 11.8. The lowest BCUT2D eigenvalue weighted by Gasteiger charge is -2.36. The number of aldehydes is 1. The number of carbonyl (C=O) groups is 2. The van der Waals surface area contributed by atoms with Crippen molar-refractivity contribution in [1.29, 1.82) is 0 Å². The molecule has 0 radical (unpaired) electrons. The van der Waals surface area contributed by atoms with Gasteiger partial charge in [0.15, 0.2) is 6.29 Å². The number of hydrogen-bond donors (Lipinski definition) is 2. The average molecular weight is 445 g/mol. The first-order chi connectivity index (χ1) is 15.7. The Balaban J connectivity index is 1.24. The van der Waals surface area contributed by atoms with Crippen LogP contribution in [0.25, 0.3) is 0 Å². The monoisotopic (exact) mass is 444 g/mol. The van der Waals surface area contributed by atoms with Crippen LogP contribution >= 0.6 is 0 Å². The van der Waals surface area contributed by atoms with Gasteiger partial charge in [-0.1, -0.05) is 18.2 Å². The number of piperidine rings is 1. The van der Waals surface area contributed by atoms with E-state index in [0.717, 1.165) is 69.9 Å². The molecule has 0 spiro atoms. The number of amides is 1. The lowest BCUT2D eigenvalue weighted by atomic mass is 9.82. The van der Waals surface area contributed by atoms with Crippen LogP contribution in [0.5, 0.6) is 5.75 Å². The minimum absolute atomic E-state index is 0.0252. The molecule has 0 bridgehead atoms. The summed E-state index contributed by atoms with van der Waals surface area (Å²) in [4.78, 5) is 23.2. The third-order valence-electron chi connectivity index (χ3n) is 6.99. The maximum Gasteiger partial charge on any atom is 0.249 e. The van der Waals surface area contributed by atoms with Gasteiger partial charge in [0.1, 0.15) is 18.5 Å². The molecule has 0 aromatic heterocycles. The van der Waals surface area contributed by atoms with E-state index in [9.17, 15) is 9.59 Å². The molecule has 1 saturated carbocycles. The van der Waals surface area contributed by atoms with E-state index < -0.39 is 0 Å². The van der Waals surface area contributed by atoms with Crippen LogP contribution in [0.4, 0.5) is 0 Å². The maximum absolute atomic E-state index is 12.5. The van der Waals surface area contributed by atoms with Crippen molar-refractivity contribution in [2.45, 2.75) is 81.6 Å². The minimum atomic E-state index is -0.285. The van der Waals surface area contributed by atoms with Crippen LogP contribution in [0.1, 0.15) is 62.8 Å². The number of rotatable bonds is 9. The summed E-state index contributed by atoms with van der Waals surface area (Å²) in [6.07, 6.45) is 8.67. The molecule has 4 rings (SSSR count). The van der Waals surface area contributed by atoms with E-state index in [-0.39, 0.29) is 36.8 Å². The second-order valence-electron chi connectivity index (χ2n) is 9.14. The van der Waals surface area contributed by atoms with Crippen LogP contribution in [0.15, 0.2) is 24.3 Å². The summed E-state index contributed by atoms with van der Waals surface area (Å²) in [5.41, 5.74) is 1.19. The summed E-state index contributed by atoms with van der Waals surface area (Å²) in [6.45, 7) is 2.35. The highest BCUT2D eigenvalue weighted by Crippen LogP contribution is 2.38. The summed E-state index contributed by atoms with van der Waals surface area (Å²) in [6, 6.07) is 8.28. The molecule has 176 valence electrons. The van der Waals surface area contributed by atoms with Crippen LogP contribution in [0, 0.1) is 0 Å². The van der Waals surface area contributed by atoms with Crippen LogP contribution in [-0.2, 0) is 19.1 Å². The molecule has 7 nitrogen and oxygen atoms in total. The van der Waals surface area contributed by atoms with Crippen molar-refractivity contribution < 1.29 is 23.8 Å². The van der Waals surface area contributed by atoms with Gasteiger partial charge in [-0.25, -0.2) is 0 Å². The Morgan fingerprint density at radius 1 is 1.12 bits per heavy atom. The number of ether oxygens (including phenoxy) is 3. The molecule has 2 N–H and O–H groups in total. The van der Waals surface area contributed by atoms with E-state index in [0.29, 0.717) is 19.1 Å². The van der Waals surface area contributed by atoms with Crippen molar-refractivity contribution in [2.75, 3.05) is 26.4 Å². The van der Waals surface area contributed by atoms with Gasteiger partial charge >= 0.3 is 0 Å². The summed E-state index contributed by atoms with van der Waals surface area (Å²) in [5, 5.41) is 6.75. The molecule has 1 aliphatic carbocycles. The summed E-state index contributed by atoms with van der Waals surface area (Å²) >= 11 is 0. The number of benzene rings is 1. The van der Waals surface area contributed by atoms with Gasteiger partial charge in [-0.15, -0.1) is 0 Å². The average Bonchev–Trinajstić information content (AvgIpc) is 3.38. The van der Waals surface area contributed by atoms with Crippen LogP contribution < -0.4 is 15.4 Å². The van der Waals surface area contributed by atoms with Crippen molar-refractivity contribution in [1.82, 2.24) is 10.6 Å². The Labute approximate surface area is 190 Å². The van der Waals surface area contributed by atoms with E-state index in [4.69, 9.17) is 14.2 Å².